The molecule has 0 atom stereocenters. The zero-order valence-corrected chi connectivity index (χ0v) is 9.14. The first kappa shape index (κ1) is 14.3. The summed E-state index contributed by atoms with van der Waals surface area (Å²) in [4.78, 5) is 17.3. The highest BCUT2D eigenvalue weighted by molar-refractivity contribution is 7.85. The average molecular weight is 246 g/mol. The highest BCUT2D eigenvalue weighted by atomic mass is 32.2. The minimum Gasteiger partial charge on any atom is -0.508 e. The minimum absolute atomic E-state index is 0.148. The van der Waals surface area contributed by atoms with Crippen molar-refractivity contribution in [2.24, 2.45) is 0 Å². The zero-order chi connectivity index (χ0) is 12.8. The average Bonchev–Trinajstić information content (AvgIpc) is 2.21. The summed E-state index contributed by atoms with van der Waals surface area (Å²) in [6, 6.07) is 3.93. The molecule has 0 saturated heterocycles. The predicted octanol–water partition coefficient (Wildman–Crippen LogP) is 0.332. The van der Waals surface area contributed by atoms with Crippen molar-refractivity contribution in [2.45, 2.75) is 11.8 Å². The number of phenols is 1. The van der Waals surface area contributed by atoms with Crippen LogP contribution in [-0.2, 0) is 19.7 Å². The molecule has 6 nitrogen and oxygen atoms in total. The summed E-state index contributed by atoms with van der Waals surface area (Å²) in [5.41, 5.74) is 0.153. The van der Waals surface area contributed by atoms with Crippen LogP contribution in [0.2, 0.25) is 0 Å². The third-order valence-corrected chi connectivity index (χ3v) is 2.59. The van der Waals surface area contributed by atoms with Crippen molar-refractivity contribution in [1.29, 1.82) is 0 Å². The molecule has 0 amide bonds. The lowest BCUT2D eigenvalue weighted by molar-refractivity contribution is -0.122. The lowest BCUT2D eigenvalue weighted by Crippen LogP contribution is -2.00. The first-order chi connectivity index (χ1) is 7.34. The second-order valence-corrected chi connectivity index (χ2v) is 4.04. The van der Waals surface area contributed by atoms with E-state index >= 15 is 0 Å². The van der Waals surface area contributed by atoms with Crippen molar-refractivity contribution in [2.75, 3.05) is 0 Å². The van der Waals surface area contributed by atoms with Crippen LogP contribution < -0.4 is 0 Å². The quantitative estimate of drug-likeness (QED) is 0.442. The maximum Gasteiger partial charge on any atom is 0.294 e. The van der Waals surface area contributed by atoms with E-state index in [4.69, 9.17) is 19.2 Å². The molecule has 0 spiro atoms. The largest absolute Gasteiger partial charge is 0.508 e. The molecule has 0 aliphatic carbocycles. The molecule has 0 saturated carbocycles. The van der Waals surface area contributed by atoms with Crippen LogP contribution in [-0.4, -0.2) is 30.6 Å². The van der Waals surface area contributed by atoms with E-state index in [1.165, 1.54) is 25.1 Å². The van der Waals surface area contributed by atoms with E-state index in [1.54, 1.807) is 0 Å². The van der Waals surface area contributed by atoms with Crippen LogP contribution in [0.4, 0.5) is 0 Å². The van der Waals surface area contributed by atoms with Crippen LogP contribution in [0.25, 0.3) is 0 Å². The summed E-state index contributed by atoms with van der Waals surface area (Å²) in [7, 11) is -4.22. The van der Waals surface area contributed by atoms with E-state index < -0.39 is 10.1 Å². The maximum atomic E-state index is 10.7. The van der Waals surface area contributed by atoms with E-state index in [9.17, 15) is 8.42 Å². The zero-order valence-electron chi connectivity index (χ0n) is 8.32. The summed E-state index contributed by atoms with van der Waals surface area (Å²) < 4.78 is 30.0. The van der Waals surface area contributed by atoms with Gasteiger partial charge in [-0.15, -0.1) is 0 Å². The molecule has 7 heteroatoms. The molecule has 0 aliphatic heterocycles. The molecule has 0 aromatic heterocycles. The monoisotopic (exact) mass is 246 g/mol. The van der Waals surface area contributed by atoms with Crippen molar-refractivity contribution in [3.63, 3.8) is 0 Å². The predicted molar refractivity (Wildman–Crippen MR) is 54.8 cm³/mol. The lowest BCUT2D eigenvalue weighted by atomic mass is 10.2. The van der Waals surface area contributed by atoms with Crippen molar-refractivity contribution >= 4 is 22.7 Å². The number of hydrogen-bond donors (Lipinski definition) is 2. The van der Waals surface area contributed by atoms with E-state index in [1.807, 2.05) is 0 Å². The number of carbonyl (C=O) groups is 2. The molecule has 16 heavy (non-hydrogen) atoms. The molecular weight excluding hydrogens is 236 g/mol. The van der Waals surface area contributed by atoms with Gasteiger partial charge in [-0.1, -0.05) is 6.07 Å². The molecule has 0 radical (unpaired) electrons. The van der Waals surface area contributed by atoms with Gasteiger partial charge in [0.15, 0.2) is 12.6 Å². The molecule has 0 fully saturated rings. The maximum absolute atomic E-state index is 10.7. The Balaban J connectivity index is 0.000000487. The molecule has 1 aromatic rings. The Kier molecular flexibility index (Phi) is 5.34. The van der Waals surface area contributed by atoms with Gasteiger partial charge in [-0.2, -0.15) is 8.42 Å². The third-order valence-electron chi connectivity index (χ3n) is 1.59. The number of aromatic hydroxyl groups is 1. The first-order valence-electron chi connectivity index (χ1n) is 3.99. The van der Waals surface area contributed by atoms with E-state index in [-0.39, 0.29) is 28.8 Å². The van der Waals surface area contributed by atoms with Gasteiger partial charge in [-0.3, -0.25) is 14.1 Å². The Morgan fingerprint density at radius 3 is 2.00 bits per heavy atom. The fourth-order valence-corrected chi connectivity index (χ4v) is 1.62. The minimum atomic E-state index is -4.22. The van der Waals surface area contributed by atoms with Crippen molar-refractivity contribution in [3.05, 3.63) is 23.8 Å². The van der Waals surface area contributed by atoms with E-state index in [0.29, 0.717) is 0 Å². The number of phenolic OH excluding ortho intramolecular Hbond substituents is 1. The van der Waals surface area contributed by atoms with Gasteiger partial charge >= 0.3 is 0 Å². The van der Waals surface area contributed by atoms with Crippen LogP contribution in [0, 0.1) is 6.92 Å². The Hall–Kier alpha value is -1.73. The Labute approximate surface area is 92.3 Å². The third kappa shape index (κ3) is 4.20. The van der Waals surface area contributed by atoms with Crippen molar-refractivity contribution < 1.29 is 27.7 Å². The summed E-state index contributed by atoms with van der Waals surface area (Å²) in [5, 5.41) is 9.09. The second-order valence-electron chi connectivity index (χ2n) is 2.65. The molecular formula is C9H10O6S. The lowest BCUT2D eigenvalue weighted by Gasteiger charge is -2.02. The number of benzene rings is 1. The number of aldehydes is 2. The molecule has 1 rings (SSSR count). The molecule has 0 heterocycles. The Bertz CT molecular complexity index is 471. The van der Waals surface area contributed by atoms with Gasteiger partial charge in [0.2, 0.25) is 0 Å². The molecule has 88 valence electrons. The first-order valence-corrected chi connectivity index (χ1v) is 5.43. The van der Waals surface area contributed by atoms with E-state index in [0.717, 1.165) is 0 Å². The van der Waals surface area contributed by atoms with Crippen LogP contribution in [0.5, 0.6) is 5.75 Å². The molecule has 2 N–H and O–H groups in total. The molecule has 0 bridgehead atoms. The normalized spacial score (nSPS) is 9.88. The summed E-state index contributed by atoms with van der Waals surface area (Å²) >= 11 is 0. The fourth-order valence-electron chi connectivity index (χ4n) is 0.882. The van der Waals surface area contributed by atoms with Gasteiger partial charge < -0.3 is 5.11 Å². The summed E-state index contributed by atoms with van der Waals surface area (Å²) in [6.45, 7) is 1.42. The topological polar surface area (TPSA) is 109 Å². The standard InChI is InChI=1S/C7H8O4S.C2H2O2/c1-5-6(8)3-2-4-7(5)12(9,10)11;3-1-2-4/h2-4,8H,1H3,(H,9,10,11);1-2H. The summed E-state index contributed by atoms with van der Waals surface area (Å²) in [5.74, 6) is -0.148. The highest BCUT2D eigenvalue weighted by Gasteiger charge is 2.14. The van der Waals surface area contributed by atoms with Gasteiger partial charge in [-0.05, 0) is 19.1 Å². The number of hydrogen-bond acceptors (Lipinski definition) is 5. The Morgan fingerprint density at radius 2 is 1.69 bits per heavy atom. The number of carbonyl (C=O) groups excluding carboxylic acids is 2. The van der Waals surface area contributed by atoms with Crippen LogP contribution in [0.15, 0.2) is 23.1 Å². The van der Waals surface area contributed by atoms with Gasteiger partial charge in [0.25, 0.3) is 10.1 Å². The van der Waals surface area contributed by atoms with Crippen LogP contribution in [0.3, 0.4) is 0 Å². The van der Waals surface area contributed by atoms with Gasteiger partial charge in [-0.25, -0.2) is 0 Å². The Morgan fingerprint density at radius 1 is 1.19 bits per heavy atom. The fraction of sp³-hybridized carbons (Fsp3) is 0.111. The highest BCUT2D eigenvalue weighted by Crippen LogP contribution is 2.22. The number of rotatable bonds is 2. The van der Waals surface area contributed by atoms with Crippen molar-refractivity contribution in [1.82, 2.24) is 0 Å². The van der Waals surface area contributed by atoms with Crippen LogP contribution in [0.1, 0.15) is 5.56 Å². The molecule has 0 unspecified atom stereocenters. The van der Waals surface area contributed by atoms with Gasteiger partial charge in [0.05, 0.1) is 0 Å². The van der Waals surface area contributed by atoms with Gasteiger partial charge in [0, 0.05) is 5.56 Å². The summed E-state index contributed by atoms with van der Waals surface area (Å²) in [6.07, 6.45) is 0.389. The van der Waals surface area contributed by atoms with E-state index in [2.05, 4.69) is 0 Å². The second kappa shape index (κ2) is 5.99. The van der Waals surface area contributed by atoms with Crippen LogP contribution >= 0.6 is 0 Å². The van der Waals surface area contributed by atoms with Crippen molar-refractivity contribution in [3.8, 4) is 5.75 Å². The SMILES string of the molecule is Cc1c(O)cccc1S(=O)(=O)O.O=CC=O. The van der Waals surface area contributed by atoms with Gasteiger partial charge in [0.1, 0.15) is 10.6 Å². The smallest absolute Gasteiger partial charge is 0.294 e. The molecule has 1 aromatic carbocycles. The molecule has 0 aliphatic rings.